The van der Waals surface area contributed by atoms with E-state index in [1.165, 1.54) is 12.1 Å². The summed E-state index contributed by atoms with van der Waals surface area (Å²) in [5, 5.41) is 0. The molecule has 2 aromatic heterocycles. The maximum Gasteiger partial charge on any atom is 0.223 e. The third kappa shape index (κ3) is 4.75. The molecule has 6 heteroatoms. The van der Waals surface area contributed by atoms with E-state index in [0.717, 1.165) is 41.3 Å². The van der Waals surface area contributed by atoms with Crippen LogP contribution in [0.5, 0.6) is 0 Å². The fourth-order valence-electron chi connectivity index (χ4n) is 4.79. The fraction of sp³-hybridized carbons (Fsp3) is 0.333. The van der Waals surface area contributed by atoms with Gasteiger partial charge in [-0.05, 0) is 68.0 Å². The van der Waals surface area contributed by atoms with Gasteiger partial charge in [0, 0.05) is 31.7 Å². The number of hydrogen-bond donors (Lipinski definition) is 0. The van der Waals surface area contributed by atoms with Crippen molar-refractivity contribution in [2.75, 3.05) is 6.54 Å². The van der Waals surface area contributed by atoms with E-state index in [1.807, 2.05) is 36.2 Å². The van der Waals surface area contributed by atoms with Crippen LogP contribution in [0, 0.1) is 17.6 Å². The molecule has 0 radical (unpaired) electrons. The van der Waals surface area contributed by atoms with Crippen LogP contribution in [0.1, 0.15) is 37.9 Å². The Labute approximate surface area is 193 Å². The number of aromatic nitrogens is 2. The molecular weight excluding hydrogens is 420 g/mol. The van der Waals surface area contributed by atoms with Gasteiger partial charge < -0.3 is 9.47 Å². The number of rotatable bonds is 7. The van der Waals surface area contributed by atoms with Gasteiger partial charge >= 0.3 is 0 Å². The minimum Gasteiger partial charge on any atom is -0.346 e. The molecular formula is C27H29F2N3O. The average Bonchev–Trinajstić information content (AvgIpc) is 3.38. The van der Waals surface area contributed by atoms with Crippen LogP contribution >= 0.6 is 0 Å². The van der Waals surface area contributed by atoms with Crippen molar-refractivity contribution in [2.24, 2.45) is 5.92 Å². The maximum atomic E-state index is 13.9. The number of benzene rings is 1. The van der Waals surface area contributed by atoms with Crippen molar-refractivity contribution in [3.05, 3.63) is 84.2 Å². The molecule has 1 fully saturated rings. The molecule has 0 saturated carbocycles. The Kier molecular flexibility index (Phi) is 6.72. The second-order valence-corrected chi connectivity index (χ2v) is 8.73. The van der Waals surface area contributed by atoms with Gasteiger partial charge in [0.2, 0.25) is 5.91 Å². The van der Waals surface area contributed by atoms with Crippen molar-refractivity contribution in [3.8, 4) is 0 Å². The molecule has 4 nitrogen and oxygen atoms in total. The minimum absolute atomic E-state index is 0.0133. The highest BCUT2D eigenvalue weighted by molar-refractivity contribution is 5.81. The van der Waals surface area contributed by atoms with Crippen molar-refractivity contribution < 1.29 is 13.6 Å². The standard InChI is InChI=1S/C27H29F2N3O/c1-4-20(5-2)23-10-11-25-24(30-23)13-14-31(25)16-19-15-18(3)32(17-19)26(33)12-9-21-7-6-8-22(28)27(21)29/h4-8,10-11,13-14,18-19H,1,9,12,15-17H2,2-3H3/b20-5+/t18-,19?/m1/s1. The van der Waals surface area contributed by atoms with E-state index in [-0.39, 0.29) is 30.4 Å². The first-order valence-corrected chi connectivity index (χ1v) is 11.4. The van der Waals surface area contributed by atoms with Crippen molar-refractivity contribution in [3.63, 3.8) is 0 Å². The number of allylic oxidation sites excluding steroid dienone is 3. The van der Waals surface area contributed by atoms with Gasteiger partial charge in [-0.2, -0.15) is 0 Å². The molecule has 3 aromatic rings. The van der Waals surface area contributed by atoms with Gasteiger partial charge in [0.25, 0.3) is 0 Å². The molecule has 3 heterocycles. The Hall–Kier alpha value is -3.28. The monoisotopic (exact) mass is 449 g/mol. The van der Waals surface area contributed by atoms with E-state index in [4.69, 9.17) is 4.98 Å². The van der Waals surface area contributed by atoms with Crippen molar-refractivity contribution in [2.45, 2.75) is 45.7 Å². The minimum atomic E-state index is -0.874. The van der Waals surface area contributed by atoms with Gasteiger partial charge in [0.05, 0.1) is 16.7 Å². The topological polar surface area (TPSA) is 38.1 Å². The summed E-state index contributed by atoms with van der Waals surface area (Å²) in [6.45, 7) is 9.33. The van der Waals surface area contributed by atoms with Gasteiger partial charge in [0.15, 0.2) is 11.6 Å². The van der Waals surface area contributed by atoms with Gasteiger partial charge in [0.1, 0.15) is 0 Å². The van der Waals surface area contributed by atoms with Gasteiger partial charge in [-0.25, -0.2) is 13.8 Å². The number of aryl methyl sites for hydroxylation is 1. The molecule has 1 aliphatic heterocycles. The van der Waals surface area contributed by atoms with E-state index in [1.54, 1.807) is 6.08 Å². The van der Waals surface area contributed by atoms with E-state index in [2.05, 4.69) is 24.1 Å². The number of fused-ring (bicyclic) bond motifs is 1. The first-order chi connectivity index (χ1) is 15.9. The van der Waals surface area contributed by atoms with E-state index < -0.39 is 11.6 Å². The molecule has 1 saturated heterocycles. The number of likely N-dealkylation sites (tertiary alicyclic amines) is 1. The molecule has 4 rings (SSSR count). The summed E-state index contributed by atoms with van der Waals surface area (Å²) in [5.41, 5.74) is 4.15. The third-order valence-electron chi connectivity index (χ3n) is 6.53. The van der Waals surface area contributed by atoms with Crippen LogP contribution in [0.4, 0.5) is 8.78 Å². The summed E-state index contributed by atoms with van der Waals surface area (Å²) >= 11 is 0. The molecule has 0 N–H and O–H groups in total. The molecule has 0 aliphatic carbocycles. The van der Waals surface area contributed by atoms with Gasteiger partial charge in [-0.3, -0.25) is 4.79 Å². The summed E-state index contributed by atoms with van der Waals surface area (Å²) in [6, 6.07) is 10.3. The van der Waals surface area contributed by atoms with Crippen molar-refractivity contribution >= 4 is 22.5 Å². The van der Waals surface area contributed by atoms with Crippen LogP contribution in [0.3, 0.4) is 0 Å². The lowest BCUT2D eigenvalue weighted by Gasteiger charge is -2.21. The molecule has 33 heavy (non-hydrogen) atoms. The Morgan fingerprint density at radius 3 is 2.82 bits per heavy atom. The second kappa shape index (κ2) is 9.69. The number of pyridine rings is 1. The van der Waals surface area contributed by atoms with Crippen LogP contribution in [0.25, 0.3) is 16.6 Å². The first kappa shape index (κ1) is 22.9. The molecule has 172 valence electrons. The molecule has 1 aliphatic rings. The predicted octanol–water partition coefficient (Wildman–Crippen LogP) is 5.77. The summed E-state index contributed by atoms with van der Waals surface area (Å²) in [7, 11) is 0. The van der Waals surface area contributed by atoms with Gasteiger partial charge in [-0.15, -0.1) is 0 Å². The molecule has 1 aromatic carbocycles. The zero-order valence-corrected chi connectivity index (χ0v) is 19.1. The van der Waals surface area contributed by atoms with Gasteiger partial charge in [-0.1, -0.05) is 30.9 Å². The number of nitrogens with zero attached hydrogens (tertiary/aromatic N) is 3. The summed E-state index contributed by atoms with van der Waals surface area (Å²) in [6.07, 6.45) is 7.13. The number of halogens is 2. The van der Waals surface area contributed by atoms with Crippen molar-refractivity contribution in [1.29, 1.82) is 0 Å². The quantitative estimate of drug-likeness (QED) is 0.429. The Bertz CT molecular complexity index is 1210. The highest BCUT2D eigenvalue weighted by Crippen LogP contribution is 2.28. The van der Waals surface area contributed by atoms with Crippen LogP contribution in [0.15, 0.2) is 61.3 Å². The Morgan fingerprint density at radius 1 is 1.24 bits per heavy atom. The lowest BCUT2D eigenvalue weighted by Crippen LogP contribution is -2.34. The molecule has 0 spiro atoms. The lowest BCUT2D eigenvalue weighted by molar-refractivity contribution is -0.131. The molecule has 2 atom stereocenters. The van der Waals surface area contributed by atoms with Crippen LogP contribution in [-0.4, -0.2) is 32.9 Å². The third-order valence-corrected chi connectivity index (χ3v) is 6.53. The van der Waals surface area contributed by atoms with Crippen LogP contribution in [0.2, 0.25) is 0 Å². The average molecular weight is 450 g/mol. The van der Waals surface area contributed by atoms with Crippen LogP contribution in [-0.2, 0) is 17.8 Å². The Morgan fingerprint density at radius 2 is 2.06 bits per heavy atom. The Balaban J connectivity index is 1.40. The zero-order chi connectivity index (χ0) is 23.5. The summed E-state index contributed by atoms with van der Waals surface area (Å²) in [5.74, 6) is -1.42. The SMILES string of the molecule is C=C/C(=C\C)c1ccc2c(ccn2CC2C[C@@H](C)N(C(=O)CCc3cccc(F)c3F)C2)n1. The maximum absolute atomic E-state index is 13.9. The van der Waals surface area contributed by atoms with Crippen molar-refractivity contribution in [1.82, 2.24) is 14.5 Å². The highest BCUT2D eigenvalue weighted by Gasteiger charge is 2.32. The smallest absolute Gasteiger partial charge is 0.223 e. The fourth-order valence-corrected chi connectivity index (χ4v) is 4.79. The summed E-state index contributed by atoms with van der Waals surface area (Å²) in [4.78, 5) is 19.5. The number of carbonyl (C=O) groups excluding carboxylic acids is 1. The van der Waals surface area contributed by atoms with E-state index in [0.29, 0.717) is 12.5 Å². The highest BCUT2D eigenvalue weighted by atomic mass is 19.2. The molecule has 0 bridgehead atoms. The van der Waals surface area contributed by atoms with E-state index >= 15 is 0 Å². The van der Waals surface area contributed by atoms with E-state index in [9.17, 15) is 13.6 Å². The lowest BCUT2D eigenvalue weighted by atomic mass is 10.1. The molecule has 1 unspecified atom stereocenters. The largest absolute Gasteiger partial charge is 0.346 e. The number of carbonyl (C=O) groups is 1. The number of hydrogen-bond acceptors (Lipinski definition) is 2. The second-order valence-electron chi connectivity index (χ2n) is 8.73. The normalized spacial score (nSPS) is 18.8. The number of amides is 1. The predicted molar refractivity (Wildman–Crippen MR) is 128 cm³/mol. The zero-order valence-electron chi connectivity index (χ0n) is 19.1. The summed E-state index contributed by atoms with van der Waals surface area (Å²) < 4.78 is 29.5. The van der Waals surface area contributed by atoms with Crippen LogP contribution < -0.4 is 0 Å². The first-order valence-electron chi connectivity index (χ1n) is 11.4. The molecule has 1 amide bonds.